The summed E-state index contributed by atoms with van der Waals surface area (Å²) in [4.78, 5) is 18.0. The van der Waals surface area contributed by atoms with Crippen molar-refractivity contribution in [3.8, 4) is 12.3 Å². The second-order valence-corrected chi connectivity index (χ2v) is 5.19. The molecule has 0 unspecified atom stereocenters. The Morgan fingerprint density at radius 1 is 1.39 bits per heavy atom. The monoisotopic (exact) mass is 313 g/mol. The number of piperazine rings is 1. The first-order valence-corrected chi connectivity index (χ1v) is 7.79. The Morgan fingerprint density at radius 2 is 2.17 bits per heavy atom. The van der Waals surface area contributed by atoms with Gasteiger partial charge in [0.1, 0.15) is 0 Å². The number of anilines is 1. The van der Waals surface area contributed by atoms with Crippen molar-refractivity contribution in [1.29, 1.82) is 0 Å². The van der Waals surface area contributed by atoms with E-state index in [1.54, 1.807) is 0 Å². The van der Waals surface area contributed by atoms with E-state index in [9.17, 15) is 4.79 Å². The summed E-state index contributed by atoms with van der Waals surface area (Å²) in [6.07, 6.45) is 5.25. The van der Waals surface area contributed by atoms with Crippen molar-refractivity contribution in [2.24, 2.45) is 4.99 Å². The fourth-order valence-electron chi connectivity index (χ4n) is 2.32. The van der Waals surface area contributed by atoms with Crippen LogP contribution in [-0.4, -0.2) is 44.6 Å². The van der Waals surface area contributed by atoms with Crippen LogP contribution in [0.15, 0.2) is 29.3 Å². The van der Waals surface area contributed by atoms with Crippen molar-refractivity contribution in [1.82, 2.24) is 16.0 Å². The van der Waals surface area contributed by atoms with E-state index in [-0.39, 0.29) is 5.91 Å². The number of benzene rings is 1. The predicted molar refractivity (Wildman–Crippen MR) is 93.3 cm³/mol. The van der Waals surface area contributed by atoms with Gasteiger partial charge in [0.15, 0.2) is 5.96 Å². The lowest BCUT2D eigenvalue weighted by Gasteiger charge is -2.28. The van der Waals surface area contributed by atoms with Crippen molar-refractivity contribution in [3.63, 3.8) is 0 Å². The van der Waals surface area contributed by atoms with Gasteiger partial charge in [-0.05, 0) is 24.6 Å². The molecule has 0 aromatic heterocycles. The third-order valence-electron chi connectivity index (χ3n) is 3.46. The molecule has 1 heterocycles. The smallest absolute Gasteiger partial charge is 0.239 e. The highest BCUT2D eigenvalue weighted by atomic mass is 16.2. The normalized spacial score (nSPS) is 14.9. The van der Waals surface area contributed by atoms with Crippen molar-refractivity contribution in [2.75, 3.05) is 37.6 Å². The van der Waals surface area contributed by atoms with Crippen LogP contribution in [0.4, 0.5) is 5.69 Å². The molecular weight excluding hydrogens is 290 g/mol. The molecule has 0 aliphatic carbocycles. The summed E-state index contributed by atoms with van der Waals surface area (Å²) in [6, 6.07) is 8.14. The number of aliphatic imine (C=N–C) groups is 1. The van der Waals surface area contributed by atoms with Gasteiger partial charge in [0, 0.05) is 25.3 Å². The van der Waals surface area contributed by atoms with Crippen LogP contribution in [0.5, 0.6) is 0 Å². The van der Waals surface area contributed by atoms with Crippen LogP contribution in [0, 0.1) is 12.3 Å². The molecule has 122 valence electrons. The molecular formula is C17H23N5O. The third-order valence-corrected chi connectivity index (χ3v) is 3.46. The summed E-state index contributed by atoms with van der Waals surface area (Å²) in [5.74, 6) is 3.31. The molecule has 0 atom stereocenters. The first kappa shape index (κ1) is 16.7. The Kier molecular flexibility index (Phi) is 6.30. The van der Waals surface area contributed by atoms with E-state index in [0.717, 1.165) is 24.3 Å². The van der Waals surface area contributed by atoms with Crippen LogP contribution in [0.1, 0.15) is 12.5 Å². The van der Waals surface area contributed by atoms with Gasteiger partial charge in [-0.3, -0.25) is 4.79 Å². The Labute approximate surface area is 137 Å². The zero-order chi connectivity index (χ0) is 16.5. The summed E-state index contributed by atoms with van der Waals surface area (Å²) in [6.45, 7) is 5.76. The SMILES string of the molecule is C#CCNC(=NCc1ccc(N2CCNC(=O)C2)cc1)NCC. The molecule has 0 radical (unpaired) electrons. The fraction of sp³-hybridized carbons (Fsp3) is 0.412. The van der Waals surface area contributed by atoms with Gasteiger partial charge >= 0.3 is 0 Å². The fourth-order valence-corrected chi connectivity index (χ4v) is 2.32. The Balaban J connectivity index is 1.96. The molecule has 1 amide bonds. The van der Waals surface area contributed by atoms with E-state index < -0.39 is 0 Å². The number of nitrogens with zero attached hydrogens (tertiary/aromatic N) is 2. The quantitative estimate of drug-likeness (QED) is 0.416. The number of carbonyl (C=O) groups is 1. The van der Waals surface area contributed by atoms with Crippen molar-refractivity contribution in [3.05, 3.63) is 29.8 Å². The summed E-state index contributed by atoms with van der Waals surface area (Å²) in [5, 5.41) is 9.03. The highest BCUT2D eigenvalue weighted by Crippen LogP contribution is 2.16. The number of nitrogens with one attached hydrogen (secondary N) is 3. The topological polar surface area (TPSA) is 68.8 Å². The lowest BCUT2D eigenvalue weighted by atomic mass is 10.2. The summed E-state index contributed by atoms with van der Waals surface area (Å²) in [5.41, 5.74) is 2.16. The molecule has 0 bridgehead atoms. The van der Waals surface area contributed by atoms with Gasteiger partial charge < -0.3 is 20.9 Å². The van der Waals surface area contributed by atoms with Crippen LogP contribution in [-0.2, 0) is 11.3 Å². The Morgan fingerprint density at radius 3 is 2.83 bits per heavy atom. The van der Waals surface area contributed by atoms with Crippen molar-refractivity contribution in [2.45, 2.75) is 13.5 Å². The van der Waals surface area contributed by atoms with Crippen LogP contribution in [0.3, 0.4) is 0 Å². The zero-order valence-corrected chi connectivity index (χ0v) is 13.4. The number of rotatable bonds is 5. The molecule has 2 rings (SSSR count). The molecule has 23 heavy (non-hydrogen) atoms. The first-order chi connectivity index (χ1) is 11.2. The maximum absolute atomic E-state index is 11.4. The third kappa shape index (κ3) is 5.22. The molecule has 1 aliphatic rings. The molecule has 6 nitrogen and oxygen atoms in total. The van der Waals surface area contributed by atoms with Gasteiger partial charge in [-0.1, -0.05) is 18.1 Å². The van der Waals surface area contributed by atoms with Gasteiger partial charge in [0.25, 0.3) is 0 Å². The average Bonchev–Trinajstić information content (AvgIpc) is 2.58. The number of terminal acetylenes is 1. The second kappa shape index (κ2) is 8.69. The highest BCUT2D eigenvalue weighted by Gasteiger charge is 2.15. The molecule has 1 saturated heterocycles. The van der Waals surface area contributed by atoms with Crippen LogP contribution < -0.4 is 20.9 Å². The maximum atomic E-state index is 11.4. The minimum Gasteiger partial charge on any atom is -0.360 e. The first-order valence-electron chi connectivity index (χ1n) is 7.79. The van der Waals surface area contributed by atoms with E-state index in [2.05, 4.69) is 31.8 Å². The molecule has 3 N–H and O–H groups in total. The van der Waals surface area contributed by atoms with E-state index in [0.29, 0.717) is 32.1 Å². The maximum Gasteiger partial charge on any atom is 0.239 e. The van der Waals surface area contributed by atoms with Gasteiger partial charge in [-0.25, -0.2) is 4.99 Å². The zero-order valence-electron chi connectivity index (χ0n) is 13.4. The molecule has 0 spiro atoms. The molecule has 6 heteroatoms. The lowest BCUT2D eigenvalue weighted by molar-refractivity contribution is -0.120. The Bertz CT molecular complexity index is 588. The number of guanidine groups is 1. The van der Waals surface area contributed by atoms with Crippen LogP contribution in [0.25, 0.3) is 0 Å². The standard InChI is InChI=1S/C17H23N5O/c1-3-9-20-17(18-4-2)21-12-14-5-7-15(8-6-14)22-11-10-19-16(23)13-22/h1,5-8H,4,9-13H2,2H3,(H,19,23)(H2,18,20,21). The lowest BCUT2D eigenvalue weighted by Crippen LogP contribution is -2.47. The van der Waals surface area contributed by atoms with E-state index in [1.165, 1.54) is 0 Å². The predicted octanol–water partition coefficient (Wildman–Crippen LogP) is 0.311. The van der Waals surface area contributed by atoms with Gasteiger partial charge in [0.2, 0.25) is 5.91 Å². The Hall–Kier alpha value is -2.68. The number of amides is 1. The minimum atomic E-state index is 0.0693. The summed E-state index contributed by atoms with van der Waals surface area (Å²) in [7, 11) is 0. The largest absolute Gasteiger partial charge is 0.360 e. The van der Waals surface area contributed by atoms with Gasteiger partial charge in [0.05, 0.1) is 19.6 Å². The number of carbonyl (C=O) groups excluding carboxylic acids is 1. The average molecular weight is 313 g/mol. The minimum absolute atomic E-state index is 0.0693. The molecule has 1 aliphatic heterocycles. The summed E-state index contributed by atoms with van der Waals surface area (Å²) < 4.78 is 0. The van der Waals surface area contributed by atoms with Gasteiger partial charge in [-0.15, -0.1) is 6.42 Å². The molecule has 1 aromatic carbocycles. The molecule has 1 fully saturated rings. The van der Waals surface area contributed by atoms with E-state index >= 15 is 0 Å². The second-order valence-electron chi connectivity index (χ2n) is 5.19. The van der Waals surface area contributed by atoms with E-state index in [4.69, 9.17) is 6.42 Å². The van der Waals surface area contributed by atoms with Crippen LogP contribution >= 0.6 is 0 Å². The molecule has 1 aromatic rings. The number of hydrogen-bond acceptors (Lipinski definition) is 3. The van der Waals surface area contributed by atoms with Crippen molar-refractivity contribution >= 4 is 17.6 Å². The summed E-state index contributed by atoms with van der Waals surface area (Å²) >= 11 is 0. The van der Waals surface area contributed by atoms with Gasteiger partial charge in [-0.2, -0.15) is 0 Å². The highest BCUT2D eigenvalue weighted by molar-refractivity contribution is 5.82. The number of hydrogen-bond donors (Lipinski definition) is 3. The van der Waals surface area contributed by atoms with Crippen molar-refractivity contribution < 1.29 is 4.79 Å². The molecule has 0 saturated carbocycles. The van der Waals surface area contributed by atoms with E-state index in [1.807, 2.05) is 31.2 Å². The van der Waals surface area contributed by atoms with Crippen LogP contribution in [0.2, 0.25) is 0 Å².